The van der Waals surface area contributed by atoms with E-state index < -0.39 is 0 Å². The van der Waals surface area contributed by atoms with E-state index in [1.54, 1.807) is 12.4 Å². The highest BCUT2D eigenvalue weighted by atomic mass is 16.1. The largest absolute Gasteiger partial charge is 0.327 e. The Labute approximate surface area is 204 Å². The van der Waals surface area contributed by atoms with Crippen molar-refractivity contribution in [1.82, 2.24) is 24.4 Å². The van der Waals surface area contributed by atoms with Crippen LogP contribution >= 0.6 is 0 Å². The average molecular weight is 468 g/mol. The summed E-state index contributed by atoms with van der Waals surface area (Å²) in [6.45, 7) is 4.62. The zero-order valence-corrected chi connectivity index (χ0v) is 19.8. The molecule has 0 radical (unpaired) electrons. The standard InChI is InChI=1S/C27H29N7O/c1-19-14-34(18-31-19)24-11-20(15-33-9-5-8-22(28)16-33)10-23(12-24)32-27(35)26-13-25(29-17-30-26)21-6-3-2-4-7-21/h2-4,6-7,10-14,17-18,22H,5,8-9,15-16,28H2,1H3,(H,32,35)/t22-/m0/s1. The lowest BCUT2D eigenvalue weighted by Crippen LogP contribution is -2.42. The van der Waals surface area contributed by atoms with Gasteiger partial charge in [-0.1, -0.05) is 30.3 Å². The average Bonchev–Trinajstić information content (AvgIpc) is 3.31. The van der Waals surface area contributed by atoms with Gasteiger partial charge in [-0.2, -0.15) is 0 Å². The number of hydrogen-bond donors (Lipinski definition) is 2. The Hall–Kier alpha value is -3.88. The number of carbonyl (C=O) groups is 1. The van der Waals surface area contributed by atoms with E-state index in [1.807, 2.05) is 60.2 Å². The Morgan fingerprint density at radius 1 is 1.11 bits per heavy atom. The van der Waals surface area contributed by atoms with Gasteiger partial charge in [0.2, 0.25) is 0 Å². The maximum atomic E-state index is 13.1. The summed E-state index contributed by atoms with van der Waals surface area (Å²) in [6.07, 6.45) is 7.34. The number of aryl methyl sites for hydroxylation is 1. The third-order valence-corrected chi connectivity index (χ3v) is 6.16. The SMILES string of the molecule is Cc1cn(-c2cc(CN3CCC[C@H](N)C3)cc(NC(=O)c3cc(-c4ccccc4)ncn3)c2)cn1. The number of nitrogens with two attached hydrogens (primary N) is 1. The van der Waals surface area contributed by atoms with Gasteiger partial charge >= 0.3 is 0 Å². The molecule has 1 fully saturated rings. The lowest BCUT2D eigenvalue weighted by Gasteiger charge is -2.30. The third-order valence-electron chi connectivity index (χ3n) is 6.16. The number of imidazole rings is 1. The Kier molecular flexibility index (Phi) is 6.65. The minimum absolute atomic E-state index is 0.207. The van der Waals surface area contributed by atoms with Crippen LogP contribution in [0.4, 0.5) is 5.69 Å². The van der Waals surface area contributed by atoms with Gasteiger partial charge in [0.15, 0.2) is 0 Å². The monoisotopic (exact) mass is 467 g/mol. The van der Waals surface area contributed by atoms with Crippen molar-refractivity contribution >= 4 is 11.6 Å². The second kappa shape index (κ2) is 10.2. The molecule has 0 saturated carbocycles. The molecule has 4 aromatic rings. The van der Waals surface area contributed by atoms with Crippen molar-refractivity contribution in [2.45, 2.75) is 32.4 Å². The molecule has 0 spiro atoms. The van der Waals surface area contributed by atoms with Crippen molar-refractivity contribution in [2.24, 2.45) is 5.73 Å². The molecule has 5 rings (SSSR count). The summed E-state index contributed by atoms with van der Waals surface area (Å²) in [7, 11) is 0. The molecule has 1 amide bonds. The quantitative estimate of drug-likeness (QED) is 0.447. The Bertz CT molecular complexity index is 1320. The number of amides is 1. The van der Waals surface area contributed by atoms with Gasteiger partial charge in [-0.15, -0.1) is 0 Å². The molecular formula is C27H29N7O. The molecule has 1 aliphatic rings. The molecule has 2 aromatic heterocycles. The van der Waals surface area contributed by atoms with Crippen molar-refractivity contribution in [2.75, 3.05) is 18.4 Å². The molecule has 0 unspecified atom stereocenters. The number of likely N-dealkylation sites (tertiary alicyclic amines) is 1. The maximum Gasteiger partial charge on any atom is 0.274 e. The molecular weight excluding hydrogens is 438 g/mol. The number of piperidine rings is 1. The molecule has 3 N–H and O–H groups in total. The van der Waals surface area contributed by atoms with Gasteiger partial charge in [-0.3, -0.25) is 9.69 Å². The molecule has 178 valence electrons. The number of aromatic nitrogens is 4. The van der Waals surface area contributed by atoms with Gasteiger partial charge in [0.1, 0.15) is 12.0 Å². The van der Waals surface area contributed by atoms with Crippen LogP contribution in [0.25, 0.3) is 16.9 Å². The smallest absolute Gasteiger partial charge is 0.274 e. The fraction of sp³-hybridized carbons (Fsp3) is 0.259. The van der Waals surface area contributed by atoms with E-state index in [2.05, 4.69) is 31.2 Å². The Morgan fingerprint density at radius 2 is 1.97 bits per heavy atom. The van der Waals surface area contributed by atoms with Gasteiger partial charge in [-0.05, 0) is 56.1 Å². The Balaban J connectivity index is 1.42. The fourth-order valence-electron chi connectivity index (χ4n) is 4.49. The fourth-order valence-corrected chi connectivity index (χ4v) is 4.49. The van der Waals surface area contributed by atoms with Gasteiger partial charge in [0.25, 0.3) is 5.91 Å². The van der Waals surface area contributed by atoms with Crippen molar-refractivity contribution in [3.05, 3.63) is 90.4 Å². The molecule has 3 heterocycles. The van der Waals surface area contributed by atoms with E-state index in [4.69, 9.17) is 5.73 Å². The van der Waals surface area contributed by atoms with Crippen LogP contribution in [0.15, 0.2) is 73.4 Å². The molecule has 8 nitrogen and oxygen atoms in total. The molecule has 0 bridgehead atoms. The summed E-state index contributed by atoms with van der Waals surface area (Å²) in [4.78, 5) is 28.4. The van der Waals surface area contributed by atoms with Crippen LogP contribution < -0.4 is 11.1 Å². The third kappa shape index (κ3) is 5.62. The number of nitrogens with one attached hydrogen (secondary N) is 1. The predicted octanol–water partition coefficient (Wildman–Crippen LogP) is 3.81. The molecule has 2 aromatic carbocycles. The Morgan fingerprint density at radius 3 is 2.74 bits per heavy atom. The van der Waals surface area contributed by atoms with Crippen LogP contribution in [-0.2, 0) is 6.54 Å². The minimum Gasteiger partial charge on any atom is -0.327 e. The van der Waals surface area contributed by atoms with E-state index in [-0.39, 0.29) is 11.9 Å². The van der Waals surface area contributed by atoms with E-state index in [0.29, 0.717) is 17.1 Å². The topological polar surface area (TPSA) is 102 Å². The second-order valence-electron chi connectivity index (χ2n) is 9.06. The lowest BCUT2D eigenvalue weighted by molar-refractivity contribution is 0.102. The van der Waals surface area contributed by atoms with E-state index in [1.165, 1.54) is 6.33 Å². The van der Waals surface area contributed by atoms with Crippen molar-refractivity contribution < 1.29 is 4.79 Å². The highest BCUT2D eigenvalue weighted by molar-refractivity contribution is 6.03. The van der Waals surface area contributed by atoms with E-state index >= 15 is 0 Å². The highest BCUT2D eigenvalue weighted by Crippen LogP contribution is 2.23. The van der Waals surface area contributed by atoms with Crippen molar-refractivity contribution in [3.8, 4) is 16.9 Å². The number of benzene rings is 2. The second-order valence-corrected chi connectivity index (χ2v) is 9.06. The molecule has 1 atom stereocenters. The molecule has 35 heavy (non-hydrogen) atoms. The summed E-state index contributed by atoms with van der Waals surface area (Å²) in [6, 6.07) is 17.8. The number of hydrogen-bond acceptors (Lipinski definition) is 6. The van der Waals surface area contributed by atoms with Gasteiger partial charge in [0, 0.05) is 42.3 Å². The zero-order chi connectivity index (χ0) is 24.2. The molecule has 1 aliphatic heterocycles. The summed E-state index contributed by atoms with van der Waals surface area (Å²) in [5.74, 6) is -0.283. The van der Waals surface area contributed by atoms with Gasteiger partial charge < -0.3 is 15.6 Å². The number of nitrogens with zero attached hydrogens (tertiary/aromatic N) is 5. The van der Waals surface area contributed by atoms with Crippen molar-refractivity contribution in [3.63, 3.8) is 0 Å². The van der Waals surface area contributed by atoms with Crippen LogP contribution in [0, 0.1) is 6.92 Å². The maximum absolute atomic E-state index is 13.1. The zero-order valence-electron chi connectivity index (χ0n) is 19.8. The normalized spacial score (nSPS) is 16.2. The number of rotatable bonds is 6. The van der Waals surface area contributed by atoms with Crippen LogP contribution in [0.5, 0.6) is 0 Å². The van der Waals surface area contributed by atoms with E-state index in [9.17, 15) is 4.79 Å². The first-order valence-corrected chi connectivity index (χ1v) is 11.9. The minimum atomic E-state index is -0.283. The molecule has 1 saturated heterocycles. The molecule has 8 heteroatoms. The number of anilines is 1. The summed E-state index contributed by atoms with van der Waals surface area (Å²) >= 11 is 0. The summed E-state index contributed by atoms with van der Waals surface area (Å²) < 4.78 is 1.97. The first-order valence-electron chi connectivity index (χ1n) is 11.9. The first-order chi connectivity index (χ1) is 17.0. The van der Waals surface area contributed by atoms with E-state index in [0.717, 1.165) is 55.0 Å². The first kappa shape index (κ1) is 22.9. The van der Waals surface area contributed by atoms with Gasteiger partial charge in [0.05, 0.1) is 17.7 Å². The van der Waals surface area contributed by atoms with Gasteiger partial charge in [-0.25, -0.2) is 15.0 Å². The van der Waals surface area contributed by atoms with Crippen molar-refractivity contribution in [1.29, 1.82) is 0 Å². The predicted molar refractivity (Wildman–Crippen MR) is 136 cm³/mol. The van der Waals surface area contributed by atoms with Crippen LogP contribution in [0.3, 0.4) is 0 Å². The summed E-state index contributed by atoms with van der Waals surface area (Å²) in [5.41, 5.74) is 11.8. The molecule has 0 aliphatic carbocycles. The highest BCUT2D eigenvalue weighted by Gasteiger charge is 2.18. The summed E-state index contributed by atoms with van der Waals surface area (Å²) in [5, 5.41) is 3.03. The van der Waals surface area contributed by atoms with Crippen LogP contribution in [0.1, 0.15) is 34.6 Å². The number of carbonyl (C=O) groups excluding carboxylic acids is 1. The van der Waals surface area contributed by atoms with Crippen LogP contribution in [0.2, 0.25) is 0 Å². The van der Waals surface area contributed by atoms with Crippen LogP contribution in [-0.4, -0.2) is 49.5 Å². The lowest BCUT2D eigenvalue weighted by atomic mass is 10.1.